The number of ether oxygens (including phenoxy) is 2. The van der Waals surface area contributed by atoms with Crippen molar-refractivity contribution in [3.63, 3.8) is 0 Å². The maximum atomic E-state index is 14.4. The normalized spacial score (nSPS) is 16.4. The quantitative estimate of drug-likeness (QED) is 0.156. The minimum atomic E-state index is -3.85. The predicted octanol–water partition coefficient (Wildman–Crippen LogP) is 4.72. The first-order chi connectivity index (χ1) is 24.0. The summed E-state index contributed by atoms with van der Waals surface area (Å²) in [5.41, 5.74) is 3.45. The molecule has 6 rings (SSSR count). The van der Waals surface area contributed by atoms with Crippen molar-refractivity contribution in [1.29, 1.82) is 0 Å². The van der Waals surface area contributed by atoms with Crippen molar-refractivity contribution in [3.8, 4) is 11.5 Å². The van der Waals surface area contributed by atoms with Crippen LogP contribution in [0.4, 0.5) is 5.69 Å². The molecule has 1 saturated heterocycles. The van der Waals surface area contributed by atoms with Gasteiger partial charge in [-0.3, -0.25) is 19.4 Å². The van der Waals surface area contributed by atoms with E-state index in [9.17, 15) is 18.0 Å². The molecule has 4 aromatic rings. The van der Waals surface area contributed by atoms with Gasteiger partial charge in [0, 0.05) is 52.0 Å². The van der Waals surface area contributed by atoms with E-state index in [0.29, 0.717) is 59.9 Å². The lowest BCUT2D eigenvalue weighted by atomic mass is 9.99. The molecular formula is C37H44N6O6S. The minimum absolute atomic E-state index is 0.0582. The first kappa shape index (κ1) is 35.1. The van der Waals surface area contributed by atoms with Crippen LogP contribution < -0.4 is 19.1 Å². The summed E-state index contributed by atoms with van der Waals surface area (Å²) in [6, 6.07) is 20.8. The van der Waals surface area contributed by atoms with E-state index in [4.69, 9.17) is 9.47 Å². The highest BCUT2D eigenvalue weighted by Gasteiger charge is 2.43. The van der Waals surface area contributed by atoms with Gasteiger partial charge in [0.25, 0.3) is 21.8 Å². The number of hydrogen-bond donors (Lipinski definition) is 1. The molecule has 1 fully saturated rings. The first-order valence-corrected chi connectivity index (χ1v) is 18.3. The number of fused-ring (bicyclic) bond motifs is 1. The second kappa shape index (κ2) is 14.6. The molecule has 13 heteroatoms. The van der Waals surface area contributed by atoms with Crippen molar-refractivity contribution in [2.45, 2.75) is 43.8 Å². The monoisotopic (exact) mass is 700 g/mol. The van der Waals surface area contributed by atoms with Crippen LogP contribution in [0, 0.1) is 6.92 Å². The number of carbonyl (C=O) groups is 2. The summed E-state index contributed by atoms with van der Waals surface area (Å²) in [5.74, 6) is 0.796. The molecule has 1 unspecified atom stereocenters. The van der Waals surface area contributed by atoms with E-state index in [0.717, 1.165) is 18.8 Å². The van der Waals surface area contributed by atoms with Crippen molar-refractivity contribution in [2.24, 2.45) is 7.05 Å². The Kier molecular flexibility index (Phi) is 10.3. The number of sulfonamides is 1. The largest absolute Gasteiger partial charge is 0.493 e. The van der Waals surface area contributed by atoms with Gasteiger partial charge in [-0.15, -0.1) is 0 Å². The number of nitrogens with one attached hydrogen (secondary N) is 1. The van der Waals surface area contributed by atoms with Crippen molar-refractivity contribution >= 4 is 27.5 Å². The highest BCUT2D eigenvalue weighted by Crippen LogP contribution is 2.40. The number of imidazole rings is 1. The lowest BCUT2D eigenvalue weighted by Crippen LogP contribution is -2.47. The first-order valence-electron chi connectivity index (χ1n) is 16.8. The second-order valence-corrected chi connectivity index (χ2v) is 14.4. The Bertz CT molecular complexity index is 1950. The number of imide groups is 1. The van der Waals surface area contributed by atoms with Crippen molar-refractivity contribution in [3.05, 3.63) is 101 Å². The molecule has 2 atom stereocenters. The summed E-state index contributed by atoms with van der Waals surface area (Å²) in [6.07, 6.45) is 2.10. The molecular weight excluding hydrogens is 657 g/mol. The molecule has 0 aliphatic carbocycles. The van der Waals surface area contributed by atoms with E-state index >= 15 is 0 Å². The predicted molar refractivity (Wildman–Crippen MR) is 190 cm³/mol. The highest BCUT2D eigenvalue weighted by atomic mass is 32.2. The van der Waals surface area contributed by atoms with Gasteiger partial charge in [0.15, 0.2) is 16.5 Å². The van der Waals surface area contributed by atoms with Gasteiger partial charge < -0.3 is 18.9 Å². The van der Waals surface area contributed by atoms with Crippen LogP contribution in [0.25, 0.3) is 0 Å². The van der Waals surface area contributed by atoms with Gasteiger partial charge >= 0.3 is 0 Å². The lowest BCUT2D eigenvalue weighted by molar-refractivity contribution is 0.0572. The van der Waals surface area contributed by atoms with Crippen LogP contribution in [0.3, 0.4) is 0 Å². The zero-order chi connectivity index (χ0) is 35.6. The van der Waals surface area contributed by atoms with Crippen LogP contribution in [-0.2, 0) is 17.1 Å². The van der Waals surface area contributed by atoms with Crippen LogP contribution in [0.2, 0.25) is 0 Å². The standard InChI is InChI=1S/C37H44N6O6S/c1-25(27-11-7-6-8-12-27)41-19-21-42(22-20-41)31-14-9-13-29-35(31)37(45)43(36(29)44)30(28-16-17-32(48-4)33(23-28)49-5)15-10-18-38-50(46,47)34-24-40(3)26(2)39-34/h6-9,11-14,16-17,23-25,30,38H,10,15,18-22H2,1-5H3/t25?,30-/m1/s1. The molecule has 3 aromatic carbocycles. The molecule has 2 amide bonds. The molecule has 0 saturated carbocycles. The van der Waals surface area contributed by atoms with Crippen LogP contribution in [0.5, 0.6) is 11.5 Å². The maximum Gasteiger partial charge on any atom is 0.264 e. The van der Waals surface area contributed by atoms with Crippen molar-refractivity contribution in [2.75, 3.05) is 51.8 Å². The number of aryl methyl sites for hydroxylation is 2. The average molecular weight is 701 g/mol. The second-order valence-electron chi connectivity index (χ2n) is 12.7. The smallest absolute Gasteiger partial charge is 0.264 e. The van der Waals surface area contributed by atoms with Crippen molar-refractivity contribution < 1.29 is 27.5 Å². The van der Waals surface area contributed by atoms with Crippen LogP contribution in [0.15, 0.2) is 78.0 Å². The topological polar surface area (TPSA) is 126 Å². The van der Waals surface area contributed by atoms with Gasteiger partial charge in [0.2, 0.25) is 0 Å². The molecule has 0 radical (unpaired) electrons. The fourth-order valence-electron chi connectivity index (χ4n) is 6.86. The maximum absolute atomic E-state index is 14.4. The molecule has 12 nitrogen and oxygen atoms in total. The van der Waals surface area contributed by atoms with Gasteiger partial charge in [-0.1, -0.05) is 42.5 Å². The van der Waals surface area contributed by atoms with Gasteiger partial charge in [-0.2, -0.15) is 0 Å². The average Bonchev–Trinajstić information content (AvgIpc) is 3.62. The number of amides is 2. The number of anilines is 1. The number of benzene rings is 3. The van der Waals surface area contributed by atoms with E-state index in [2.05, 4.69) is 50.7 Å². The Labute approximate surface area is 293 Å². The fourth-order valence-corrected chi connectivity index (χ4v) is 7.97. The minimum Gasteiger partial charge on any atom is -0.493 e. The van der Waals surface area contributed by atoms with Gasteiger partial charge in [0.05, 0.1) is 37.1 Å². The van der Waals surface area contributed by atoms with Crippen molar-refractivity contribution in [1.82, 2.24) is 24.1 Å². The number of hydrogen-bond acceptors (Lipinski definition) is 9. The summed E-state index contributed by atoms with van der Waals surface area (Å²) in [5, 5.41) is -0.0582. The van der Waals surface area contributed by atoms with E-state index in [1.165, 1.54) is 30.9 Å². The molecule has 2 aliphatic heterocycles. The fraction of sp³-hybridized carbons (Fsp3) is 0.378. The zero-order valence-electron chi connectivity index (χ0n) is 29.1. The van der Waals surface area contributed by atoms with E-state index in [1.807, 2.05) is 24.3 Å². The van der Waals surface area contributed by atoms with Gasteiger partial charge in [-0.25, -0.2) is 18.1 Å². The number of rotatable bonds is 13. The molecule has 0 spiro atoms. The number of methoxy groups -OCH3 is 2. The van der Waals surface area contributed by atoms with Gasteiger partial charge in [-0.05, 0) is 62.1 Å². The number of nitrogens with zero attached hydrogens (tertiary/aromatic N) is 5. The number of carbonyl (C=O) groups excluding carboxylic acids is 2. The Morgan fingerprint density at radius 2 is 1.60 bits per heavy atom. The Morgan fingerprint density at radius 1 is 0.880 bits per heavy atom. The summed E-state index contributed by atoms with van der Waals surface area (Å²) in [4.78, 5) is 38.7. The zero-order valence-corrected chi connectivity index (χ0v) is 29.9. The molecule has 264 valence electrons. The summed E-state index contributed by atoms with van der Waals surface area (Å²) in [7, 11) is 0.951. The Hall–Kier alpha value is -4.72. The third-order valence-corrected chi connectivity index (χ3v) is 11.2. The van der Waals surface area contributed by atoms with Crippen LogP contribution >= 0.6 is 0 Å². The van der Waals surface area contributed by atoms with E-state index < -0.39 is 16.1 Å². The van der Waals surface area contributed by atoms with Crippen LogP contribution in [-0.4, -0.2) is 86.5 Å². The third kappa shape index (κ3) is 6.85. The van der Waals surface area contributed by atoms with E-state index in [1.54, 1.807) is 36.7 Å². The van der Waals surface area contributed by atoms with E-state index in [-0.39, 0.29) is 29.4 Å². The van der Waals surface area contributed by atoms with Crippen LogP contribution in [0.1, 0.15) is 69.5 Å². The Balaban J connectivity index is 1.23. The number of aromatic nitrogens is 2. The molecule has 0 bridgehead atoms. The summed E-state index contributed by atoms with van der Waals surface area (Å²) >= 11 is 0. The molecule has 2 aliphatic rings. The Morgan fingerprint density at radius 3 is 2.26 bits per heavy atom. The summed E-state index contributed by atoms with van der Waals surface area (Å²) in [6.45, 7) is 7.08. The lowest BCUT2D eigenvalue weighted by Gasteiger charge is -2.39. The molecule has 50 heavy (non-hydrogen) atoms. The summed E-state index contributed by atoms with van der Waals surface area (Å²) < 4.78 is 41.2. The molecule has 1 aromatic heterocycles. The third-order valence-electron chi connectivity index (χ3n) is 9.82. The number of piperazine rings is 1. The molecule has 3 heterocycles. The van der Waals surface area contributed by atoms with Gasteiger partial charge in [0.1, 0.15) is 5.82 Å². The molecule has 1 N–H and O–H groups in total. The SMILES string of the molecule is COc1ccc([C@@H](CCCNS(=O)(=O)c2cn(C)c(C)n2)N2C(=O)c3cccc(N4CCN(C(C)c5ccccc5)CC4)c3C2=O)cc1OC. The highest BCUT2D eigenvalue weighted by molar-refractivity contribution is 7.89.